The van der Waals surface area contributed by atoms with Crippen molar-refractivity contribution in [3.05, 3.63) is 76.3 Å². The number of likely N-dealkylation sites (tertiary alicyclic amines) is 1. The average molecular weight is 924 g/mol. The van der Waals surface area contributed by atoms with Crippen molar-refractivity contribution in [3.63, 3.8) is 0 Å². The summed E-state index contributed by atoms with van der Waals surface area (Å²) in [5.74, 6) is -1.59. The lowest BCUT2D eigenvalue weighted by atomic mass is 9.57. The third-order valence-electron chi connectivity index (χ3n) is 15.1. The number of piperidine rings is 2. The Morgan fingerprint density at radius 1 is 0.924 bits per heavy atom. The molecular formula is C46H51F2N11O6S. The molecule has 346 valence electrons. The standard InChI is InChI=1S/C46H51F2N11O6S/c1-4-54(2)66(63,64)53-37-8-6-34(47)41(33(37)26-49)65-30-5-7-36-31(19-30)43(61)59(27-50-36)29-24-46(25-29)10-15-56(16-11-46)28-22-45(23-28)12-17-57(18-13-45)39-21-38-32(20-35(39)48)42(52-55(38)3)58-14-9-40(60)51-44(58)62/h5-8,19-21,27-29,53H,4,9-18,22-25H2,1-3H3,(H,51,60,62). The highest BCUT2D eigenvalue weighted by Gasteiger charge is 2.52. The Morgan fingerprint density at radius 3 is 2.30 bits per heavy atom. The molecule has 2 aliphatic carbocycles. The van der Waals surface area contributed by atoms with Crippen molar-refractivity contribution in [2.45, 2.75) is 76.8 Å². The van der Waals surface area contributed by atoms with Gasteiger partial charge in [0, 0.05) is 64.2 Å². The SMILES string of the molecule is CCN(C)S(=O)(=O)Nc1ccc(F)c(Oc2ccc3ncn(C4CC5(CCN(C6CC7(CCN(c8cc9c(cc8F)c(N8CCC(=O)NC8=O)nn9C)CC7)C6)CC5)C4)c(=O)c3c2)c1C#N. The average Bonchev–Trinajstić information content (AvgIpc) is 3.59. The van der Waals surface area contributed by atoms with Gasteiger partial charge in [-0.15, -0.1) is 0 Å². The number of hydrogen-bond acceptors (Lipinski definition) is 11. The molecule has 5 fully saturated rings. The molecule has 0 atom stereocenters. The zero-order chi connectivity index (χ0) is 46.3. The lowest BCUT2D eigenvalue weighted by molar-refractivity contribution is -0.120. The fourth-order valence-electron chi connectivity index (χ4n) is 11.0. The van der Waals surface area contributed by atoms with Gasteiger partial charge in [-0.25, -0.2) is 18.6 Å². The molecule has 17 nitrogen and oxygen atoms in total. The number of ether oxygens (including phenoxy) is 1. The molecular weight excluding hydrogens is 873 g/mol. The first-order valence-corrected chi connectivity index (χ1v) is 23.9. The second-order valence-electron chi connectivity index (χ2n) is 18.8. The van der Waals surface area contributed by atoms with Crippen molar-refractivity contribution in [1.82, 2.24) is 33.9 Å². The molecule has 5 aromatic rings. The highest BCUT2D eigenvalue weighted by Crippen LogP contribution is 2.57. The largest absolute Gasteiger partial charge is 0.453 e. The molecule has 2 spiro atoms. The van der Waals surface area contributed by atoms with E-state index in [9.17, 15) is 28.1 Å². The summed E-state index contributed by atoms with van der Waals surface area (Å²) in [5, 5.41) is 17.6. The van der Waals surface area contributed by atoms with Crippen LogP contribution in [0.4, 0.5) is 30.8 Å². The number of aryl methyl sites for hydroxylation is 1. The Labute approximate surface area is 380 Å². The minimum atomic E-state index is -4.01. The highest BCUT2D eigenvalue weighted by molar-refractivity contribution is 7.90. The Bertz CT molecular complexity index is 3010. The molecule has 20 heteroatoms. The van der Waals surface area contributed by atoms with E-state index in [0.29, 0.717) is 28.5 Å². The van der Waals surface area contributed by atoms with Crippen molar-refractivity contribution in [1.29, 1.82) is 5.26 Å². The Hall–Kier alpha value is -6.17. The number of halogens is 2. The molecule has 3 amide bonds. The molecule has 2 aromatic heterocycles. The number of rotatable bonds is 10. The zero-order valence-corrected chi connectivity index (χ0v) is 37.8. The number of amides is 3. The van der Waals surface area contributed by atoms with Gasteiger partial charge in [0.05, 0.1) is 34.1 Å². The summed E-state index contributed by atoms with van der Waals surface area (Å²) >= 11 is 0. The number of nitriles is 1. The van der Waals surface area contributed by atoms with E-state index >= 15 is 8.78 Å². The van der Waals surface area contributed by atoms with Crippen LogP contribution in [0.25, 0.3) is 21.8 Å². The van der Waals surface area contributed by atoms with Gasteiger partial charge in [-0.05, 0) is 118 Å². The number of carbonyl (C=O) groups excluding carboxylic acids is 2. The number of urea groups is 1. The topological polar surface area (TPSA) is 191 Å². The fraction of sp³-hybridized carbons (Fsp3) is 0.478. The van der Waals surface area contributed by atoms with Crippen LogP contribution in [-0.4, -0.2) is 101 Å². The minimum absolute atomic E-state index is 0.00938. The first-order chi connectivity index (χ1) is 31.6. The number of aromatic nitrogens is 4. The molecule has 0 radical (unpaired) electrons. The third kappa shape index (κ3) is 7.59. The van der Waals surface area contributed by atoms with Gasteiger partial charge in [0.25, 0.3) is 5.56 Å². The van der Waals surface area contributed by atoms with Gasteiger partial charge in [0.1, 0.15) is 23.2 Å². The number of carbonyl (C=O) groups is 2. The van der Waals surface area contributed by atoms with E-state index in [2.05, 4.69) is 29.9 Å². The zero-order valence-electron chi connectivity index (χ0n) is 37.0. The minimum Gasteiger partial charge on any atom is -0.453 e. The predicted octanol–water partition coefficient (Wildman–Crippen LogP) is 6.15. The quantitative estimate of drug-likeness (QED) is 0.164. The molecule has 3 saturated heterocycles. The molecule has 66 heavy (non-hydrogen) atoms. The van der Waals surface area contributed by atoms with E-state index in [1.807, 2.05) is 12.1 Å². The van der Waals surface area contributed by atoms with Crippen molar-refractivity contribution in [3.8, 4) is 17.6 Å². The van der Waals surface area contributed by atoms with E-state index in [1.165, 1.54) is 30.1 Å². The summed E-state index contributed by atoms with van der Waals surface area (Å²) in [6.45, 7) is 5.56. The van der Waals surface area contributed by atoms with E-state index in [4.69, 9.17) is 4.74 Å². The van der Waals surface area contributed by atoms with Gasteiger partial charge in [0.2, 0.25) is 5.91 Å². The Balaban J connectivity index is 0.737. The van der Waals surface area contributed by atoms with Gasteiger partial charge >= 0.3 is 16.2 Å². The summed E-state index contributed by atoms with van der Waals surface area (Å²) in [6, 6.07) is 11.9. The highest BCUT2D eigenvalue weighted by atomic mass is 32.2. The maximum absolute atomic E-state index is 15.8. The first-order valence-electron chi connectivity index (χ1n) is 22.5. The van der Waals surface area contributed by atoms with Gasteiger partial charge < -0.3 is 14.5 Å². The number of hydrogen-bond donors (Lipinski definition) is 2. The summed E-state index contributed by atoms with van der Waals surface area (Å²) in [7, 11) is -0.861. The molecule has 0 unspecified atom stereocenters. The van der Waals surface area contributed by atoms with Crippen molar-refractivity contribution in [2.75, 3.05) is 60.8 Å². The smallest absolute Gasteiger partial charge is 0.329 e. The van der Waals surface area contributed by atoms with E-state index in [1.54, 1.807) is 35.6 Å². The molecule has 5 heterocycles. The lowest BCUT2D eigenvalue weighted by Gasteiger charge is -2.59. The third-order valence-corrected chi connectivity index (χ3v) is 16.7. The summed E-state index contributed by atoms with van der Waals surface area (Å²) < 4.78 is 68.8. The Kier molecular flexibility index (Phi) is 10.8. The number of benzene rings is 3. The van der Waals surface area contributed by atoms with Crippen LogP contribution in [-0.2, 0) is 22.1 Å². The number of imide groups is 1. The summed E-state index contributed by atoms with van der Waals surface area (Å²) in [4.78, 5) is 48.9. The number of anilines is 3. The van der Waals surface area contributed by atoms with Gasteiger partial charge in [0.15, 0.2) is 17.4 Å². The van der Waals surface area contributed by atoms with Gasteiger partial charge in [-0.1, -0.05) is 6.92 Å². The van der Waals surface area contributed by atoms with Crippen LogP contribution in [0.3, 0.4) is 0 Å². The maximum atomic E-state index is 15.8. The normalized spacial score (nSPS) is 21.0. The van der Waals surface area contributed by atoms with E-state index in [0.717, 1.165) is 99.5 Å². The van der Waals surface area contributed by atoms with Crippen LogP contribution in [0.1, 0.15) is 76.3 Å². The second-order valence-corrected chi connectivity index (χ2v) is 20.6. The van der Waals surface area contributed by atoms with Crippen LogP contribution >= 0.6 is 0 Å². The number of fused-ring (bicyclic) bond motifs is 2. The molecule has 3 aliphatic heterocycles. The fourth-order valence-corrected chi connectivity index (χ4v) is 11.9. The first kappa shape index (κ1) is 43.7. The van der Waals surface area contributed by atoms with Gasteiger partial charge in [-0.3, -0.25) is 33.8 Å². The van der Waals surface area contributed by atoms with Gasteiger partial charge in [-0.2, -0.15) is 23.1 Å². The summed E-state index contributed by atoms with van der Waals surface area (Å²) in [5.41, 5.74) is 1.41. The van der Waals surface area contributed by atoms with Crippen LogP contribution in [0.15, 0.2) is 53.6 Å². The van der Waals surface area contributed by atoms with Crippen LogP contribution in [0, 0.1) is 33.8 Å². The van der Waals surface area contributed by atoms with Crippen LogP contribution in [0.5, 0.6) is 11.5 Å². The summed E-state index contributed by atoms with van der Waals surface area (Å²) in [6.07, 6.45) is 9.88. The second kappa shape index (κ2) is 16.3. The van der Waals surface area contributed by atoms with Crippen molar-refractivity contribution < 1.29 is 31.5 Å². The molecule has 2 saturated carbocycles. The van der Waals surface area contributed by atoms with Crippen molar-refractivity contribution in [2.24, 2.45) is 17.9 Å². The molecule has 3 aromatic carbocycles. The van der Waals surface area contributed by atoms with Crippen LogP contribution < -0.4 is 30.1 Å². The Morgan fingerprint density at radius 2 is 1.62 bits per heavy atom. The molecule has 0 bridgehead atoms. The lowest BCUT2D eigenvalue weighted by Crippen LogP contribution is -2.58. The van der Waals surface area contributed by atoms with E-state index in [-0.39, 0.29) is 76.1 Å². The molecule has 10 rings (SSSR count). The monoisotopic (exact) mass is 923 g/mol. The van der Waals surface area contributed by atoms with E-state index < -0.39 is 27.8 Å². The number of nitrogens with one attached hydrogen (secondary N) is 2. The molecule has 2 N–H and O–H groups in total. The predicted molar refractivity (Wildman–Crippen MR) is 243 cm³/mol. The molecule has 5 aliphatic rings. The number of nitrogens with zero attached hydrogens (tertiary/aromatic N) is 9. The van der Waals surface area contributed by atoms with Crippen molar-refractivity contribution >= 4 is 61.1 Å². The maximum Gasteiger partial charge on any atom is 0.329 e. The van der Waals surface area contributed by atoms with Crippen LogP contribution in [0.2, 0.25) is 0 Å².